The Morgan fingerprint density at radius 3 is 2.00 bits per heavy atom. The smallest absolute Gasteiger partial charge is 0.206 e. The zero-order chi connectivity index (χ0) is 15.7. The third-order valence-electron chi connectivity index (χ3n) is 2.98. The molecule has 4 heteroatoms. The molecular formula is C17H25N4+. The average molecular weight is 285 g/mol. The summed E-state index contributed by atoms with van der Waals surface area (Å²) in [6.07, 6.45) is 4.75. The van der Waals surface area contributed by atoms with Crippen molar-refractivity contribution in [1.29, 1.82) is 0 Å². The summed E-state index contributed by atoms with van der Waals surface area (Å²) in [6, 6.07) is 5.94. The third-order valence-corrected chi connectivity index (χ3v) is 2.98. The van der Waals surface area contributed by atoms with Crippen LogP contribution in [0.15, 0.2) is 30.6 Å². The van der Waals surface area contributed by atoms with E-state index < -0.39 is 0 Å². The van der Waals surface area contributed by atoms with Gasteiger partial charge in [-0.25, -0.2) is 4.57 Å². The van der Waals surface area contributed by atoms with E-state index in [9.17, 15) is 0 Å². The van der Waals surface area contributed by atoms with Gasteiger partial charge in [0, 0.05) is 11.8 Å². The molecule has 112 valence electrons. The van der Waals surface area contributed by atoms with Crippen LogP contribution in [0.1, 0.15) is 53.2 Å². The zero-order valence-corrected chi connectivity index (χ0v) is 13.9. The maximum absolute atomic E-state index is 4.68. The summed E-state index contributed by atoms with van der Waals surface area (Å²) in [5.41, 5.74) is 0.0504. The lowest BCUT2D eigenvalue weighted by atomic mass is 9.91. The first-order valence-corrected chi connectivity index (χ1v) is 7.37. The van der Waals surface area contributed by atoms with E-state index >= 15 is 0 Å². The van der Waals surface area contributed by atoms with Gasteiger partial charge < -0.3 is 0 Å². The molecule has 0 saturated carbocycles. The normalized spacial score (nSPS) is 12.5. The van der Waals surface area contributed by atoms with Gasteiger partial charge in [-0.3, -0.25) is 0 Å². The molecule has 0 atom stereocenters. The Kier molecular flexibility index (Phi) is 4.08. The number of rotatable bonds is 2. The molecule has 2 heterocycles. The van der Waals surface area contributed by atoms with Crippen LogP contribution in [-0.4, -0.2) is 15.0 Å². The highest BCUT2D eigenvalue weighted by atomic mass is 15.2. The standard InChI is InChI=1S/C17H25N4/c1-16(2,3)12-13-18-14(17(4,5)6)20-15(19-13)21-10-8-7-9-11-21/h7-11H,12H2,1-6H3/q+1. The Bertz CT molecular complexity index is 607. The van der Waals surface area contributed by atoms with Crippen molar-refractivity contribution >= 4 is 0 Å². The molecule has 0 radical (unpaired) electrons. The van der Waals surface area contributed by atoms with E-state index in [-0.39, 0.29) is 10.8 Å². The molecule has 0 aliphatic carbocycles. The van der Waals surface area contributed by atoms with Gasteiger partial charge in [-0.05, 0) is 17.5 Å². The lowest BCUT2D eigenvalue weighted by molar-refractivity contribution is -0.603. The van der Waals surface area contributed by atoms with Crippen molar-refractivity contribution in [3.05, 3.63) is 42.2 Å². The van der Waals surface area contributed by atoms with Crippen molar-refractivity contribution in [2.24, 2.45) is 5.41 Å². The average Bonchev–Trinajstić information content (AvgIpc) is 2.36. The molecule has 0 spiro atoms. The number of aromatic nitrogens is 4. The molecule has 0 fully saturated rings. The molecule has 21 heavy (non-hydrogen) atoms. The van der Waals surface area contributed by atoms with E-state index in [0.29, 0.717) is 5.95 Å². The van der Waals surface area contributed by atoms with Crippen molar-refractivity contribution in [2.45, 2.75) is 53.4 Å². The summed E-state index contributed by atoms with van der Waals surface area (Å²) in [5.74, 6) is 2.38. The first-order valence-electron chi connectivity index (χ1n) is 7.37. The van der Waals surface area contributed by atoms with Crippen LogP contribution in [0.4, 0.5) is 0 Å². The van der Waals surface area contributed by atoms with Gasteiger partial charge in [-0.2, -0.15) is 4.98 Å². The van der Waals surface area contributed by atoms with Crippen molar-refractivity contribution in [2.75, 3.05) is 0 Å². The fourth-order valence-electron chi connectivity index (χ4n) is 1.94. The van der Waals surface area contributed by atoms with Crippen LogP contribution < -0.4 is 4.57 Å². The number of hydrogen-bond donors (Lipinski definition) is 0. The van der Waals surface area contributed by atoms with Crippen LogP contribution in [0, 0.1) is 5.41 Å². The van der Waals surface area contributed by atoms with Crippen molar-refractivity contribution in [3.63, 3.8) is 0 Å². The highest BCUT2D eigenvalue weighted by Gasteiger charge is 2.27. The predicted molar refractivity (Wildman–Crippen MR) is 83.2 cm³/mol. The van der Waals surface area contributed by atoms with Gasteiger partial charge in [0.1, 0.15) is 0 Å². The Hall–Kier alpha value is -1.84. The van der Waals surface area contributed by atoms with Gasteiger partial charge >= 0.3 is 5.95 Å². The Morgan fingerprint density at radius 1 is 0.857 bits per heavy atom. The third kappa shape index (κ3) is 4.31. The molecule has 0 bridgehead atoms. The molecule has 2 rings (SSSR count). The summed E-state index contributed by atoms with van der Waals surface area (Å²) >= 11 is 0. The van der Waals surface area contributed by atoms with E-state index in [1.54, 1.807) is 0 Å². The summed E-state index contributed by atoms with van der Waals surface area (Å²) in [5, 5.41) is 0. The summed E-state index contributed by atoms with van der Waals surface area (Å²) in [6.45, 7) is 13.0. The van der Waals surface area contributed by atoms with E-state index in [1.807, 2.05) is 35.2 Å². The lowest BCUT2D eigenvalue weighted by Crippen LogP contribution is -2.35. The largest absolute Gasteiger partial charge is 0.440 e. The summed E-state index contributed by atoms with van der Waals surface area (Å²) < 4.78 is 1.93. The van der Waals surface area contributed by atoms with Crippen LogP contribution in [0.3, 0.4) is 0 Å². The van der Waals surface area contributed by atoms with Crippen LogP contribution >= 0.6 is 0 Å². The Labute approximate surface area is 127 Å². The monoisotopic (exact) mass is 285 g/mol. The molecule has 0 unspecified atom stereocenters. The molecule has 2 aromatic rings. The maximum atomic E-state index is 4.68. The van der Waals surface area contributed by atoms with Gasteiger partial charge in [0.05, 0.1) is 12.4 Å². The first-order chi connectivity index (χ1) is 9.65. The minimum atomic E-state index is -0.0976. The molecule has 0 saturated heterocycles. The Morgan fingerprint density at radius 2 is 1.48 bits per heavy atom. The first kappa shape index (κ1) is 15.5. The molecule has 2 aromatic heterocycles. The van der Waals surface area contributed by atoms with Gasteiger partial charge in [0.15, 0.2) is 0 Å². The van der Waals surface area contributed by atoms with Gasteiger partial charge in [0.2, 0.25) is 11.6 Å². The fraction of sp³-hybridized carbons (Fsp3) is 0.529. The maximum Gasteiger partial charge on any atom is 0.440 e. The zero-order valence-electron chi connectivity index (χ0n) is 13.9. The molecule has 0 amide bonds. The molecule has 4 nitrogen and oxygen atoms in total. The predicted octanol–water partition coefficient (Wildman–Crippen LogP) is 3.03. The van der Waals surface area contributed by atoms with Gasteiger partial charge in [-0.15, -0.1) is 0 Å². The minimum Gasteiger partial charge on any atom is -0.206 e. The highest BCUT2D eigenvalue weighted by molar-refractivity contribution is 5.10. The fourth-order valence-corrected chi connectivity index (χ4v) is 1.94. The van der Waals surface area contributed by atoms with Crippen LogP contribution in [0.25, 0.3) is 5.95 Å². The number of nitrogens with zero attached hydrogens (tertiary/aromatic N) is 4. The van der Waals surface area contributed by atoms with Crippen LogP contribution in [0.5, 0.6) is 0 Å². The quantitative estimate of drug-likeness (QED) is 0.797. The molecule has 0 aromatic carbocycles. The van der Waals surface area contributed by atoms with Crippen LogP contribution in [0.2, 0.25) is 0 Å². The molecular weight excluding hydrogens is 260 g/mol. The second-order valence-electron chi connectivity index (χ2n) is 7.65. The van der Waals surface area contributed by atoms with Gasteiger partial charge in [-0.1, -0.05) is 57.6 Å². The summed E-state index contributed by atoms with van der Waals surface area (Å²) in [4.78, 5) is 14.0. The van der Waals surface area contributed by atoms with E-state index in [0.717, 1.165) is 18.1 Å². The number of hydrogen-bond acceptors (Lipinski definition) is 3. The van der Waals surface area contributed by atoms with Crippen molar-refractivity contribution < 1.29 is 4.57 Å². The second-order valence-corrected chi connectivity index (χ2v) is 7.65. The van der Waals surface area contributed by atoms with E-state index in [2.05, 4.69) is 56.5 Å². The Balaban J connectivity index is 2.53. The molecule has 0 aliphatic rings. The lowest BCUT2D eigenvalue weighted by Gasteiger charge is -2.17. The molecule has 0 aliphatic heterocycles. The molecule has 0 N–H and O–H groups in total. The summed E-state index contributed by atoms with van der Waals surface area (Å²) in [7, 11) is 0. The van der Waals surface area contributed by atoms with Crippen molar-refractivity contribution in [1.82, 2.24) is 15.0 Å². The minimum absolute atomic E-state index is 0.0976. The SMILES string of the molecule is CC(C)(C)Cc1nc(-[n+]2ccccc2)nc(C(C)(C)C)n1. The van der Waals surface area contributed by atoms with E-state index in [4.69, 9.17) is 0 Å². The highest BCUT2D eigenvalue weighted by Crippen LogP contribution is 2.22. The van der Waals surface area contributed by atoms with Crippen molar-refractivity contribution in [3.8, 4) is 5.95 Å². The second kappa shape index (κ2) is 5.51. The topological polar surface area (TPSA) is 42.5 Å². The van der Waals surface area contributed by atoms with Crippen LogP contribution in [-0.2, 0) is 11.8 Å². The van der Waals surface area contributed by atoms with E-state index in [1.165, 1.54) is 0 Å². The van der Waals surface area contributed by atoms with Gasteiger partial charge in [0.25, 0.3) is 0 Å². The number of pyridine rings is 1.